The van der Waals surface area contributed by atoms with E-state index in [4.69, 9.17) is 10.00 Å². The summed E-state index contributed by atoms with van der Waals surface area (Å²) >= 11 is 0. The number of ether oxygens (including phenoxy) is 1. The summed E-state index contributed by atoms with van der Waals surface area (Å²) in [6, 6.07) is 7.96. The van der Waals surface area contributed by atoms with Crippen LogP contribution in [0.15, 0.2) is 18.2 Å². The van der Waals surface area contributed by atoms with Crippen molar-refractivity contribution < 1.29 is 9.53 Å². The summed E-state index contributed by atoms with van der Waals surface area (Å²) in [6.45, 7) is 10.3. The molecule has 0 bridgehead atoms. The predicted octanol–water partition coefficient (Wildman–Crippen LogP) is 3.26. The average molecular weight is 286 g/mol. The van der Waals surface area contributed by atoms with Crippen LogP contribution in [0.4, 0.5) is 5.69 Å². The quantitative estimate of drug-likeness (QED) is 0.784. The zero-order chi connectivity index (χ0) is 15.8. The number of carbonyl (C=O) groups is 1. The van der Waals surface area contributed by atoms with Crippen molar-refractivity contribution in [2.45, 2.75) is 46.1 Å². The average Bonchev–Trinajstić information content (AvgIpc) is 2.39. The summed E-state index contributed by atoms with van der Waals surface area (Å²) in [5, 5.41) is 9.03. The minimum absolute atomic E-state index is 0.0225. The molecule has 0 radical (unpaired) electrons. The number of hydrogen-bond acceptors (Lipinski definition) is 3. The molecule has 1 atom stereocenters. The van der Waals surface area contributed by atoms with Gasteiger partial charge in [0.05, 0.1) is 11.8 Å². The molecule has 0 aromatic heterocycles. The number of nitrogens with zero attached hydrogens (tertiary/aromatic N) is 2. The second-order valence-corrected chi connectivity index (χ2v) is 6.80. The van der Waals surface area contributed by atoms with Crippen molar-refractivity contribution >= 4 is 11.6 Å². The molecular formula is C17H22N2O2. The Labute approximate surface area is 126 Å². The lowest BCUT2D eigenvalue weighted by Crippen LogP contribution is -2.48. The Morgan fingerprint density at radius 3 is 2.57 bits per heavy atom. The number of amides is 1. The van der Waals surface area contributed by atoms with Gasteiger partial charge < -0.3 is 4.74 Å². The van der Waals surface area contributed by atoms with Crippen LogP contribution in [0.25, 0.3) is 0 Å². The Balaban J connectivity index is 2.52. The number of rotatable bonds is 2. The standard InChI is InChI=1S/C17H22N2O2/c1-11(2)15-16(20)19(9-8-18)13-10-12(17(3,4)5)6-7-14(13)21-15/h6-7,10-11,15H,9H2,1-5H3. The van der Waals surface area contributed by atoms with Gasteiger partial charge in [-0.05, 0) is 29.0 Å². The van der Waals surface area contributed by atoms with Crippen molar-refractivity contribution in [3.8, 4) is 11.8 Å². The zero-order valence-corrected chi connectivity index (χ0v) is 13.3. The zero-order valence-electron chi connectivity index (χ0n) is 13.3. The minimum Gasteiger partial charge on any atom is -0.478 e. The first-order valence-electron chi connectivity index (χ1n) is 7.25. The highest BCUT2D eigenvalue weighted by molar-refractivity contribution is 6.00. The molecule has 1 aliphatic heterocycles. The predicted molar refractivity (Wildman–Crippen MR) is 82.4 cm³/mol. The number of benzene rings is 1. The largest absolute Gasteiger partial charge is 0.478 e. The number of nitriles is 1. The molecule has 0 aliphatic carbocycles. The van der Waals surface area contributed by atoms with Crippen LogP contribution in [0.1, 0.15) is 40.2 Å². The molecule has 1 aromatic carbocycles. The summed E-state index contributed by atoms with van der Waals surface area (Å²) in [7, 11) is 0. The lowest BCUT2D eigenvalue weighted by Gasteiger charge is -2.35. The maximum Gasteiger partial charge on any atom is 0.269 e. The molecule has 0 saturated heterocycles. The Bertz CT molecular complexity index is 594. The molecule has 4 heteroatoms. The van der Waals surface area contributed by atoms with E-state index in [2.05, 4.69) is 26.8 Å². The molecule has 112 valence electrons. The maximum atomic E-state index is 12.5. The highest BCUT2D eigenvalue weighted by Gasteiger charge is 2.36. The van der Waals surface area contributed by atoms with Crippen LogP contribution >= 0.6 is 0 Å². The molecule has 1 amide bonds. The number of anilines is 1. The molecule has 0 saturated carbocycles. The van der Waals surface area contributed by atoms with E-state index < -0.39 is 6.10 Å². The van der Waals surface area contributed by atoms with Crippen LogP contribution in [-0.4, -0.2) is 18.6 Å². The van der Waals surface area contributed by atoms with Crippen molar-refractivity contribution in [2.75, 3.05) is 11.4 Å². The van der Waals surface area contributed by atoms with Gasteiger partial charge in [-0.15, -0.1) is 0 Å². The first-order valence-corrected chi connectivity index (χ1v) is 7.25. The number of hydrogen-bond donors (Lipinski definition) is 0. The monoisotopic (exact) mass is 286 g/mol. The van der Waals surface area contributed by atoms with Crippen LogP contribution in [0, 0.1) is 17.2 Å². The normalized spacial score (nSPS) is 18.2. The van der Waals surface area contributed by atoms with Crippen molar-refractivity contribution in [3.05, 3.63) is 23.8 Å². The highest BCUT2D eigenvalue weighted by Crippen LogP contribution is 2.38. The summed E-state index contributed by atoms with van der Waals surface area (Å²) in [5.74, 6) is 0.607. The van der Waals surface area contributed by atoms with Gasteiger partial charge in [-0.1, -0.05) is 40.7 Å². The molecule has 4 nitrogen and oxygen atoms in total. The minimum atomic E-state index is -0.522. The second kappa shape index (κ2) is 5.40. The van der Waals surface area contributed by atoms with Gasteiger partial charge in [-0.2, -0.15) is 5.26 Å². The van der Waals surface area contributed by atoms with Gasteiger partial charge in [0.15, 0.2) is 6.10 Å². The van der Waals surface area contributed by atoms with Crippen LogP contribution in [0.5, 0.6) is 5.75 Å². The van der Waals surface area contributed by atoms with E-state index in [-0.39, 0.29) is 23.8 Å². The first-order chi connectivity index (χ1) is 9.75. The van der Waals surface area contributed by atoms with Crippen LogP contribution in [0.2, 0.25) is 0 Å². The first kappa shape index (κ1) is 15.4. The smallest absolute Gasteiger partial charge is 0.269 e. The summed E-state index contributed by atoms with van der Waals surface area (Å²) in [4.78, 5) is 14.1. The SMILES string of the molecule is CC(C)C1Oc2ccc(C(C)(C)C)cc2N(CC#N)C1=O. The molecule has 1 heterocycles. The molecule has 1 aliphatic rings. The molecule has 1 unspecified atom stereocenters. The third-order valence-corrected chi connectivity index (χ3v) is 3.71. The van der Waals surface area contributed by atoms with Crippen molar-refractivity contribution in [1.82, 2.24) is 0 Å². The lowest BCUT2D eigenvalue weighted by atomic mass is 9.86. The summed E-state index contributed by atoms with van der Waals surface area (Å²) in [6.07, 6.45) is -0.522. The van der Waals surface area contributed by atoms with Crippen LogP contribution < -0.4 is 9.64 Å². The van der Waals surface area contributed by atoms with Gasteiger partial charge in [0.25, 0.3) is 5.91 Å². The van der Waals surface area contributed by atoms with Crippen molar-refractivity contribution in [3.63, 3.8) is 0 Å². The fourth-order valence-corrected chi connectivity index (χ4v) is 2.41. The van der Waals surface area contributed by atoms with Crippen molar-refractivity contribution in [1.29, 1.82) is 5.26 Å². The van der Waals surface area contributed by atoms with E-state index in [0.29, 0.717) is 11.4 Å². The Morgan fingerprint density at radius 2 is 2.05 bits per heavy atom. The van der Waals surface area contributed by atoms with Gasteiger partial charge in [-0.25, -0.2) is 0 Å². The van der Waals surface area contributed by atoms with E-state index in [1.807, 2.05) is 32.0 Å². The molecule has 0 N–H and O–H groups in total. The molecule has 2 rings (SSSR count). The van der Waals surface area contributed by atoms with E-state index in [1.165, 1.54) is 0 Å². The van der Waals surface area contributed by atoms with Crippen LogP contribution in [0.3, 0.4) is 0 Å². The van der Waals surface area contributed by atoms with Gasteiger partial charge >= 0.3 is 0 Å². The fourth-order valence-electron chi connectivity index (χ4n) is 2.41. The fraction of sp³-hybridized carbons (Fsp3) is 0.529. The second-order valence-electron chi connectivity index (χ2n) is 6.80. The Kier molecular flexibility index (Phi) is 3.95. The van der Waals surface area contributed by atoms with E-state index >= 15 is 0 Å². The molecule has 21 heavy (non-hydrogen) atoms. The Hall–Kier alpha value is -2.02. The number of carbonyl (C=O) groups excluding carboxylic acids is 1. The third-order valence-electron chi connectivity index (χ3n) is 3.71. The topological polar surface area (TPSA) is 53.3 Å². The summed E-state index contributed by atoms with van der Waals surface area (Å²) < 4.78 is 5.85. The van der Waals surface area contributed by atoms with Gasteiger partial charge in [0.1, 0.15) is 12.3 Å². The van der Waals surface area contributed by atoms with E-state index in [0.717, 1.165) is 5.56 Å². The van der Waals surface area contributed by atoms with Gasteiger partial charge in [-0.3, -0.25) is 9.69 Å². The summed E-state index contributed by atoms with van der Waals surface area (Å²) in [5.41, 5.74) is 1.79. The van der Waals surface area contributed by atoms with E-state index in [9.17, 15) is 4.79 Å². The highest BCUT2D eigenvalue weighted by atomic mass is 16.5. The number of fused-ring (bicyclic) bond motifs is 1. The molecule has 1 aromatic rings. The van der Waals surface area contributed by atoms with E-state index in [1.54, 1.807) is 4.90 Å². The van der Waals surface area contributed by atoms with Crippen molar-refractivity contribution in [2.24, 2.45) is 5.92 Å². The van der Waals surface area contributed by atoms with Crippen LogP contribution in [-0.2, 0) is 10.2 Å². The Morgan fingerprint density at radius 1 is 1.38 bits per heavy atom. The van der Waals surface area contributed by atoms with Gasteiger partial charge in [0, 0.05) is 0 Å². The molecule has 0 fully saturated rings. The van der Waals surface area contributed by atoms with Gasteiger partial charge in [0.2, 0.25) is 0 Å². The third kappa shape index (κ3) is 2.87. The maximum absolute atomic E-state index is 12.5. The molecular weight excluding hydrogens is 264 g/mol. The molecule has 0 spiro atoms. The lowest BCUT2D eigenvalue weighted by molar-refractivity contribution is -0.128.